The van der Waals surface area contributed by atoms with Gasteiger partial charge in [-0.05, 0) is 12.1 Å². The summed E-state index contributed by atoms with van der Waals surface area (Å²) in [6.45, 7) is 0. The van der Waals surface area contributed by atoms with Crippen molar-refractivity contribution in [2.24, 2.45) is 0 Å². The molecule has 0 aliphatic carbocycles. The first-order chi connectivity index (χ1) is 10.1. The molecule has 114 valence electrons. The van der Waals surface area contributed by atoms with E-state index in [1.807, 2.05) is 0 Å². The molecule has 22 heavy (non-hydrogen) atoms. The number of nitrogens with zero attached hydrogens (tertiary/aromatic N) is 2. The molecular weight excluding hydrogens is 308 g/mol. The lowest BCUT2D eigenvalue weighted by Crippen LogP contribution is -2.36. The van der Waals surface area contributed by atoms with E-state index in [1.165, 1.54) is 4.98 Å². The van der Waals surface area contributed by atoms with Crippen molar-refractivity contribution < 1.29 is 17.6 Å². The van der Waals surface area contributed by atoms with Crippen LogP contribution in [0.15, 0.2) is 27.8 Å². The summed E-state index contributed by atoms with van der Waals surface area (Å²) in [5.41, 5.74) is -0.113. The number of nitrogens with one attached hydrogen (secondary N) is 1. The molecule has 0 saturated heterocycles. The first kappa shape index (κ1) is 15.3. The van der Waals surface area contributed by atoms with E-state index in [0.717, 1.165) is 6.07 Å². The summed E-state index contributed by atoms with van der Waals surface area (Å²) in [6.07, 6.45) is -4.93. The van der Waals surface area contributed by atoms with Gasteiger partial charge in [0, 0.05) is 6.07 Å². The van der Waals surface area contributed by atoms with Gasteiger partial charge in [0.05, 0.1) is 16.9 Å². The second-order valence-corrected chi connectivity index (χ2v) is 4.16. The van der Waals surface area contributed by atoms with Crippen molar-refractivity contribution in [3.8, 4) is 11.8 Å². The van der Waals surface area contributed by atoms with Gasteiger partial charge < -0.3 is 10.7 Å². The molecule has 0 fully saturated rings. The fourth-order valence-corrected chi connectivity index (χ4v) is 1.72. The third-order valence-corrected chi connectivity index (χ3v) is 2.72. The Morgan fingerprint density at radius 1 is 1.23 bits per heavy atom. The molecule has 1 heterocycles. The van der Waals surface area contributed by atoms with Crippen LogP contribution in [0, 0.1) is 17.1 Å². The average molecular weight is 314 g/mol. The molecule has 0 radical (unpaired) electrons. The molecule has 0 aliphatic heterocycles. The highest BCUT2D eigenvalue weighted by Crippen LogP contribution is 2.26. The van der Waals surface area contributed by atoms with Crippen LogP contribution in [0.5, 0.6) is 0 Å². The van der Waals surface area contributed by atoms with Gasteiger partial charge in [0.2, 0.25) is 0 Å². The Hall–Kier alpha value is -3.09. The van der Waals surface area contributed by atoms with Crippen molar-refractivity contribution in [1.29, 1.82) is 5.26 Å². The minimum Gasteiger partial charge on any atom is -0.398 e. The summed E-state index contributed by atoms with van der Waals surface area (Å²) in [7, 11) is 0. The predicted molar refractivity (Wildman–Crippen MR) is 66.7 cm³/mol. The molecule has 0 amide bonds. The highest BCUT2D eigenvalue weighted by molar-refractivity contribution is 5.59. The molecule has 0 bridgehead atoms. The summed E-state index contributed by atoms with van der Waals surface area (Å²) >= 11 is 0. The standard InChI is InChI=1S/C12H6F4N4O2/c13-6-1-5(4-17)7(18)2-8(6)20-10(21)3-9(12(14,15)16)19-11(20)22/h1-3H,18H2,(H,19,22). The van der Waals surface area contributed by atoms with Crippen LogP contribution in [0.2, 0.25) is 0 Å². The van der Waals surface area contributed by atoms with Crippen LogP contribution in [0.25, 0.3) is 5.69 Å². The Morgan fingerprint density at radius 2 is 1.86 bits per heavy atom. The van der Waals surface area contributed by atoms with Crippen molar-refractivity contribution >= 4 is 5.69 Å². The Kier molecular flexibility index (Phi) is 3.50. The Balaban J connectivity index is 2.76. The van der Waals surface area contributed by atoms with Crippen LogP contribution in [-0.4, -0.2) is 9.55 Å². The monoisotopic (exact) mass is 314 g/mol. The number of benzene rings is 1. The Bertz CT molecular complexity index is 874. The minimum atomic E-state index is -4.93. The third kappa shape index (κ3) is 2.56. The van der Waals surface area contributed by atoms with Crippen molar-refractivity contribution in [3.05, 3.63) is 56.1 Å². The lowest BCUT2D eigenvalue weighted by atomic mass is 10.1. The second-order valence-electron chi connectivity index (χ2n) is 4.16. The zero-order chi connectivity index (χ0) is 16.7. The molecule has 0 atom stereocenters. The van der Waals surface area contributed by atoms with Gasteiger partial charge in [-0.1, -0.05) is 0 Å². The van der Waals surface area contributed by atoms with Crippen LogP contribution in [0.1, 0.15) is 11.3 Å². The van der Waals surface area contributed by atoms with Crippen molar-refractivity contribution in [2.45, 2.75) is 6.18 Å². The average Bonchev–Trinajstić information content (AvgIpc) is 2.40. The van der Waals surface area contributed by atoms with Gasteiger partial charge in [0.15, 0.2) is 0 Å². The number of anilines is 1. The molecule has 1 aromatic carbocycles. The van der Waals surface area contributed by atoms with E-state index in [2.05, 4.69) is 0 Å². The molecule has 10 heteroatoms. The summed E-state index contributed by atoms with van der Waals surface area (Å²) in [5.74, 6) is -1.15. The molecule has 6 nitrogen and oxygen atoms in total. The lowest BCUT2D eigenvalue weighted by Gasteiger charge is -2.10. The van der Waals surface area contributed by atoms with Crippen LogP contribution in [-0.2, 0) is 6.18 Å². The fourth-order valence-electron chi connectivity index (χ4n) is 1.72. The number of rotatable bonds is 1. The SMILES string of the molecule is N#Cc1cc(F)c(-n2c(=O)cc(C(F)(F)F)[nH]c2=O)cc1N. The van der Waals surface area contributed by atoms with Crippen LogP contribution in [0.3, 0.4) is 0 Å². The van der Waals surface area contributed by atoms with E-state index in [-0.39, 0.29) is 21.9 Å². The number of nitrogen functional groups attached to an aromatic ring is 1. The van der Waals surface area contributed by atoms with Crippen LogP contribution in [0.4, 0.5) is 23.2 Å². The maximum atomic E-state index is 13.9. The zero-order valence-corrected chi connectivity index (χ0v) is 10.5. The normalized spacial score (nSPS) is 11.2. The predicted octanol–water partition coefficient (Wildman–Crippen LogP) is 1.14. The van der Waals surface area contributed by atoms with Gasteiger partial charge in [0.1, 0.15) is 17.6 Å². The molecule has 0 saturated carbocycles. The number of hydrogen-bond acceptors (Lipinski definition) is 4. The topological polar surface area (TPSA) is 105 Å². The minimum absolute atomic E-state index is 0.120. The second kappa shape index (κ2) is 5.03. The highest BCUT2D eigenvalue weighted by Gasteiger charge is 2.33. The molecule has 2 rings (SSSR count). The van der Waals surface area contributed by atoms with Gasteiger partial charge in [-0.3, -0.25) is 4.79 Å². The molecule has 0 spiro atoms. The number of nitrogens with two attached hydrogens (primary N) is 1. The van der Waals surface area contributed by atoms with E-state index in [0.29, 0.717) is 6.07 Å². The Morgan fingerprint density at radius 3 is 2.36 bits per heavy atom. The van der Waals surface area contributed by atoms with Gasteiger partial charge in [-0.25, -0.2) is 13.8 Å². The maximum absolute atomic E-state index is 13.9. The smallest absolute Gasteiger partial charge is 0.398 e. The van der Waals surface area contributed by atoms with Gasteiger partial charge in [0.25, 0.3) is 5.56 Å². The fraction of sp³-hybridized carbons (Fsp3) is 0.0833. The van der Waals surface area contributed by atoms with Gasteiger partial charge in [-0.15, -0.1) is 0 Å². The zero-order valence-electron chi connectivity index (χ0n) is 10.5. The quantitative estimate of drug-likeness (QED) is 0.608. The van der Waals surface area contributed by atoms with E-state index < -0.39 is 34.6 Å². The number of aromatic amines is 1. The third-order valence-electron chi connectivity index (χ3n) is 2.72. The van der Waals surface area contributed by atoms with Gasteiger partial charge >= 0.3 is 11.9 Å². The van der Waals surface area contributed by atoms with Crippen molar-refractivity contribution in [2.75, 3.05) is 5.73 Å². The molecular formula is C12H6F4N4O2. The largest absolute Gasteiger partial charge is 0.431 e. The first-order valence-electron chi connectivity index (χ1n) is 5.58. The Labute approximate surface area is 119 Å². The summed E-state index contributed by atoms with van der Waals surface area (Å²) < 4.78 is 51.4. The number of aromatic nitrogens is 2. The molecule has 3 N–H and O–H groups in total. The molecule has 0 unspecified atom stereocenters. The summed E-state index contributed by atoms with van der Waals surface area (Å²) in [6, 6.07) is 3.20. The highest BCUT2D eigenvalue weighted by atomic mass is 19.4. The first-order valence-corrected chi connectivity index (χ1v) is 5.58. The van der Waals surface area contributed by atoms with Crippen molar-refractivity contribution in [3.63, 3.8) is 0 Å². The maximum Gasteiger partial charge on any atom is 0.431 e. The molecule has 2 aromatic rings. The van der Waals surface area contributed by atoms with Crippen LogP contribution >= 0.6 is 0 Å². The number of alkyl halides is 3. The molecule has 0 aliphatic rings. The van der Waals surface area contributed by atoms with E-state index in [4.69, 9.17) is 11.0 Å². The van der Waals surface area contributed by atoms with E-state index >= 15 is 0 Å². The van der Waals surface area contributed by atoms with Crippen LogP contribution < -0.4 is 17.0 Å². The number of nitriles is 1. The van der Waals surface area contributed by atoms with E-state index in [9.17, 15) is 27.2 Å². The number of H-pyrrole nitrogens is 1. The number of hydrogen-bond donors (Lipinski definition) is 2. The van der Waals surface area contributed by atoms with E-state index in [1.54, 1.807) is 6.07 Å². The molecule has 1 aromatic heterocycles. The van der Waals surface area contributed by atoms with Gasteiger partial charge in [-0.2, -0.15) is 18.4 Å². The summed E-state index contributed by atoms with van der Waals surface area (Å²) in [5, 5.41) is 8.68. The summed E-state index contributed by atoms with van der Waals surface area (Å²) in [4.78, 5) is 24.8. The van der Waals surface area contributed by atoms with Crippen molar-refractivity contribution in [1.82, 2.24) is 9.55 Å². The lowest BCUT2D eigenvalue weighted by molar-refractivity contribution is -0.141. The number of halogens is 4.